The number of aromatic amines is 1. The standard InChI is InChI=1S/C23H21N3O3/c1-13-6-7-19-16(10-13)17-11-20(27)26(23(28)21(17)22(24)29-19)9-8-14-12-25-18-5-3-2-4-15(14)18/h2-7,10,12,17,25H,8-9,11,24H2,1H3. The number of hydrogen-bond donors (Lipinski definition) is 2. The van der Waals surface area contributed by atoms with Crippen molar-refractivity contribution in [1.82, 2.24) is 9.88 Å². The fourth-order valence-corrected chi connectivity index (χ4v) is 4.34. The van der Waals surface area contributed by atoms with Gasteiger partial charge < -0.3 is 15.5 Å². The Bertz CT molecular complexity index is 1190. The number of carbonyl (C=O) groups is 2. The Morgan fingerprint density at radius 2 is 2.03 bits per heavy atom. The number of carbonyl (C=O) groups excluding carboxylic acids is 2. The van der Waals surface area contributed by atoms with Gasteiger partial charge in [0.1, 0.15) is 5.75 Å². The summed E-state index contributed by atoms with van der Waals surface area (Å²) in [6.07, 6.45) is 2.73. The van der Waals surface area contributed by atoms with E-state index in [4.69, 9.17) is 10.5 Å². The number of likely N-dealkylation sites (tertiary alicyclic amines) is 1. The van der Waals surface area contributed by atoms with Crippen LogP contribution in [0.15, 0.2) is 60.1 Å². The number of hydrogen-bond acceptors (Lipinski definition) is 4. The number of benzene rings is 2. The average molecular weight is 387 g/mol. The third-order valence-corrected chi connectivity index (χ3v) is 5.81. The molecule has 1 unspecified atom stereocenters. The number of nitrogens with two attached hydrogens (primary N) is 1. The van der Waals surface area contributed by atoms with Crippen LogP contribution in [0.4, 0.5) is 0 Å². The summed E-state index contributed by atoms with van der Waals surface area (Å²) in [5.74, 6) is -0.153. The lowest BCUT2D eigenvalue weighted by molar-refractivity contribution is -0.145. The number of para-hydroxylation sites is 1. The molecule has 0 spiro atoms. The van der Waals surface area contributed by atoms with Gasteiger partial charge in [-0.05, 0) is 31.0 Å². The molecule has 0 aliphatic carbocycles. The van der Waals surface area contributed by atoms with Gasteiger partial charge in [0.05, 0.1) is 5.57 Å². The highest BCUT2D eigenvalue weighted by atomic mass is 16.5. The fourth-order valence-electron chi connectivity index (χ4n) is 4.34. The van der Waals surface area contributed by atoms with Gasteiger partial charge in [0.15, 0.2) is 5.88 Å². The molecule has 2 aliphatic heterocycles. The molecule has 1 fully saturated rings. The molecule has 6 nitrogen and oxygen atoms in total. The lowest BCUT2D eigenvalue weighted by atomic mass is 9.82. The summed E-state index contributed by atoms with van der Waals surface area (Å²) in [5.41, 5.74) is 10.5. The minimum absolute atomic E-state index is 0.0981. The van der Waals surface area contributed by atoms with Gasteiger partial charge in [-0.3, -0.25) is 14.5 Å². The van der Waals surface area contributed by atoms with Crippen molar-refractivity contribution in [3.63, 3.8) is 0 Å². The van der Waals surface area contributed by atoms with Crippen LogP contribution in [0.3, 0.4) is 0 Å². The van der Waals surface area contributed by atoms with Gasteiger partial charge in [-0.15, -0.1) is 0 Å². The summed E-state index contributed by atoms with van der Waals surface area (Å²) in [7, 11) is 0. The minimum atomic E-state index is -0.351. The smallest absolute Gasteiger partial charge is 0.262 e. The van der Waals surface area contributed by atoms with E-state index in [0.717, 1.165) is 27.6 Å². The zero-order valence-electron chi connectivity index (χ0n) is 16.1. The Morgan fingerprint density at radius 3 is 2.90 bits per heavy atom. The molecule has 1 atom stereocenters. The van der Waals surface area contributed by atoms with Crippen molar-refractivity contribution in [2.75, 3.05) is 6.54 Å². The summed E-state index contributed by atoms with van der Waals surface area (Å²) < 4.78 is 5.71. The molecule has 3 heterocycles. The zero-order chi connectivity index (χ0) is 20.1. The van der Waals surface area contributed by atoms with Crippen LogP contribution in [0.5, 0.6) is 5.75 Å². The number of aromatic nitrogens is 1. The van der Waals surface area contributed by atoms with Crippen LogP contribution in [0.1, 0.15) is 29.0 Å². The number of rotatable bonds is 3. The Balaban J connectivity index is 1.43. The maximum absolute atomic E-state index is 13.2. The number of piperidine rings is 1. The second-order valence-electron chi connectivity index (χ2n) is 7.64. The van der Waals surface area contributed by atoms with E-state index in [1.165, 1.54) is 4.90 Å². The number of nitrogens with one attached hydrogen (secondary N) is 1. The molecular weight excluding hydrogens is 366 g/mol. The van der Waals surface area contributed by atoms with Crippen molar-refractivity contribution in [1.29, 1.82) is 0 Å². The van der Waals surface area contributed by atoms with Gasteiger partial charge in [0.25, 0.3) is 5.91 Å². The highest BCUT2D eigenvalue weighted by Crippen LogP contribution is 2.43. The molecule has 2 amide bonds. The van der Waals surface area contributed by atoms with E-state index >= 15 is 0 Å². The first-order valence-corrected chi connectivity index (χ1v) is 9.70. The van der Waals surface area contributed by atoms with Gasteiger partial charge in [-0.1, -0.05) is 35.9 Å². The first-order chi connectivity index (χ1) is 14.0. The quantitative estimate of drug-likeness (QED) is 0.676. The van der Waals surface area contributed by atoms with E-state index in [0.29, 0.717) is 24.3 Å². The van der Waals surface area contributed by atoms with Gasteiger partial charge in [-0.25, -0.2) is 0 Å². The largest absolute Gasteiger partial charge is 0.441 e. The second kappa shape index (κ2) is 6.51. The van der Waals surface area contributed by atoms with Crippen LogP contribution < -0.4 is 10.5 Å². The van der Waals surface area contributed by atoms with Gasteiger partial charge >= 0.3 is 0 Å². The molecule has 146 valence electrons. The molecule has 0 bridgehead atoms. The first-order valence-electron chi connectivity index (χ1n) is 9.70. The lowest BCUT2D eigenvalue weighted by Crippen LogP contribution is -2.47. The summed E-state index contributed by atoms with van der Waals surface area (Å²) in [6, 6.07) is 13.7. The van der Waals surface area contributed by atoms with Crippen molar-refractivity contribution in [2.24, 2.45) is 5.73 Å². The molecule has 3 aromatic rings. The van der Waals surface area contributed by atoms with Crippen molar-refractivity contribution >= 4 is 22.7 Å². The number of H-pyrrole nitrogens is 1. The third kappa shape index (κ3) is 2.79. The molecule has 2 aromatic carbocycles. The van der Waals surface area contributed by atoms with Gasteiger partial charge in [-0.2, -0.15) is 0 Å². The Hall–Kier alpha value is -3.54. The third-order valence-electron chi connectivity index (χ3n) is 5.81. The van der Waals surface area contributed by atoms with Crippen LogP contribution >= 0.6 is 0 Å². The van der Waals surface area contributed by atoms with Crippen LogP contribution in [-0.4, -0.2) is 28.2 Å². The summed E-state index contributed by atoms with van der Waals surface area (Å²) in [5, 5.41) is 1.10. The van der Waals surface area contributed by atoms with E-state index in [2.05, 4.69) is 4.98 Å². The molecule has 6 heteroatoms. The van der Waals surface area contributed by atoms with E-state index < -0.39 is 0 Å². The van der Waals surface area contributed by atoms with Crippen molar-refractivity contribution < 1.29 is 14.3 Å². The Morgan fingerprint density at radius 1 is 1.21 bits per heavy atom. The topological polar surface area (TPSA) is 88.4 Å². The van der Waals surface area contributed by atoms with E-state index in [1.807, 2.05) is 55.6 Å². The number of ether oxygens (including phenoxy) is 1. The molecular formula is C23H21N3O3. The van der Waals surface area contributed by atoms with Gasteiger partial charge in [0.2, 0.25) is 5.91 Å². The average Bonchev–Trinajstić information content (AvgIpc) is 3.11. The van der Waals surface area contributed by atoms with Crippen molar-refractivity contribution in [3.05, 3.63) is 76.8 Å². The van der Waals surface area contributed by atoms with Gasteiger partial charge in [0, 0.05) is 41.5 Å². The molecule has 1 aromatic heterocycles. The van der Waals surface area contributed by atoms with Crippen LogP contribution in [0.2, 0.25) is 0 Å². The zero-order valence-corrected chi connectivity index (χ0v) is 16.1. The highest BCUT2D eigenvalue weighted by molar-refractivity contribution is 6.09. The summed E-state index contributed by atoms with van der Waals surface area (Å²) in [6.45, 7) is 2.28. The number of amides is 2. The number of fused-ring (bicyclic) bond motifs is 4. The number of imide groups is 1. The fraction of sp³-hybridized carbons (Fsp3) is 0.217. The van der Waals surface area contributed by atoms with E-state index in [9.17, 15) is 9.59 Å². The maximum atomic E-state index is 13.2. The molecule has 29 heavy (non-hydrogen) atoms. The minimum Gasteiger partial charge on any atom is -0.441 e. The Kier molecular flexibility index (Phi) is 3.94. The molecule has 0 saturated carbocycles. The molecule has 3 N–H and O–H groups in total. The SMILES string of the molecule is Cc1ccc2c(c1)C1CC(=O)N(CCc3c[nH]c4ccccc34)C(=O)C1=C(N)O2. The first kappa shape index (κ1) is 17.6. The van der Waals surface area contributed by atoms with Crippen molar-refractivity contribution in [3.8, 4) is 5.75 Å². The second-order valence-corrected chi connectivity index (χ2v) is 7.64. The normalized spacial score (nSPS) is 18.7. The van der Waals surface area contributed by atoms with Crippen molar-refractivity contribution in [2.45, 2.75) is 25.7 Å². The molecule has 0 radical (unpaired) electrons. The van der Waals surface area contributed by atoms with Crippen LogP contribution in [0.25, 0.3) is 10.9 Å². The maximum Gasteiger partial charge on any atom is 0.262 e. The highest BCUT2D eigenvalue weighted by Gasteiger charge is 2.43. The van der Waals surface area contributed by atoms with E-state index in [1.54, 1.807) is 0 Å². The number of aryl methyl sites for hydroxylation is 1. The number of nitrogens with zero attached hydrogens (tertiary/aromatic N) is 1. The van der Waals surface area contributed by atoms with Crippen LogP contribution in [-0.2, 0) is 16.0 Å². The molecule has 1 saturated heterocycles. The summed E-state index contributed by atoms with van der Waals surface area (Å²) in [4.78, 5) is 30.6. The summed E-state index contributed by atoms with van der Waals surface area (Å²) >= 11 is 0. The lowest BCUT2D eigenvalue weighted by Gasteiger charge is -2.36. The molecule has 2 aliphatic rings. The van der Waals surface area contributed by atoms with Crippen LogP contribution in [0, 0.1) is 6.92 Å². The Labute approximate surface area is 167 Å². The van der Waals surface area contributed by atoms with E-state index in [-0.39, 0.29) is 30.0 Å². The monoisotopic (exact) mass is 387 g/mol. The predicted octanol–water partition coefficient (Wildman–Crippen LogP) is 3.12. The predicted molar refractivity (Wildman–Crippen MR) is 109 cm³/mol. The molecule has 5 rings (SSSR count).